The van der Waals surface area contributed by atoms with Gasteiger partial charge in [-0.15, -0.1) is 11.3 Å². The van der Waals surface area contributed by atoms with E-state index in [2.05, 4.69) is 4.98 Å². The number of hydrogen-bond acceptors (Lipinski definition) is 2. The molecule has 0 spiro atoms. The summed E-state index contributed by atoms with van der Waals surface area (Å²) in [6.07, 6.45) is 2.39. The Labute approximate surface area is 113 Å². The minimum Gasteiger partial charge on any atom is -0.360 e. The van der Waals surface area contributed by atoms with Crippen molar-refractivity contribution in [3.05, 3.63) is 57.7 Å². The average Bonchev–Trinajstić information content (AvgIpc) is 3.05. The van der Waals surface area contributed by atoms with Gasteiger partial charge in [0.25, 0.3) is 0 Å². The number of aromatic nitrogens is 1. The summed E-state index contributed by atoms with van der Waals surface area (Å²) in [7, 11) is 0. The summed E-state index contributed by atoms with van der Waals surface area (Å²) < 4.78 is 13.9. The molecule has 4 heteroatoms. The summed E-state index contributed by atoms with van der Waals surface area (Å²) in [6.45, 7) is 2.01. The molecule has 2 nitrogen and oxygen atoms in total. The molecule has 3 rings (SSSR count). The van der Waals surface area contributed by atoms with E-state index in [4.69, 9.17) is 0 Å². The first-order valence-electron chi connectivity index (χ1n) is 6.09. The van der Waals surface area contributed by atoms with Crippen LogP contribution in [0.25, 0.3) is 10.9 Å². The second kappa shape index (κ2) is 4.63. The fourth-order valence-electron chi connectivity index (χ4n) is 2.25. The number of nitrogens with one attached hydrogen (secondary N) is 1. The lowest BCUT2D eigenvalue weighted by molar-refractivity contribution is 0.104. The zero-order valence-corrected chi connectivity index (χ0v) is 11.2. The summed E-state index contributed by atoms with van der Waals surface area (Å²) in [4.78, 5) is 16.2. The van der Waals surface area contributed by atoms with Crippen LogP contribution in [0.2, 0.25) is 0 Å². The second-order valence-corrected chi connectivity index (χ2v) is 5.24. The zero-order chi connectivity index (χ0) is 13.4. The number of halogens is 1. The Morgan fingerprint density at radius 2 is 2.21 bits per heavy atom. The van der Waals surface area contributed by atoms with Crippen molar-refractivity contribution >= 4 is 28.0 Å². The molecule has 0 amide bonds. The molecule has 96 valence electrons. The molecule has 2 heterocycles. The largest absolute Gasteiger partial charge is 0.360 e. The molecule has 1 aromatic carbocycles. The van der Waals surface area contributed by atoms with Gasteiger partial charge in [-0.25, -0.2) is 4.39 Å². The molecule has 0 fully saturated rings. The van der Waals surface area contributed by atoms with Crippen molar-refractivity contribution < 1.29 is 9.18 Å². The van der Waals surface area contributed by atoms with Crippen LogP contribution in [-0.4, -0.2) is 10.8 Å². The van der Waals surface area contributed by atoms with Gasteiger partial charge in [-0.1, -0.05) is 13.0 Å². The highest BCUT2D eigenvalue weighted by Crippen LogP contribution is 2.27. The molecule has 0 aliphatic carbocycles. The van der Waals surface area contributed by atoms with Crippen LogP contribution in [0, 0.1) is 5.82 Å². The maximum atomic E-state index is 13.9. The third-order valence-corrected chi connectivity index (χ3v) is 4.19. The van der Waals surface area contributed by atoms with Crippen LogP contribution in [0.15, 0.2) is 35.8 Å². The van der Waals surface area contributed by atoms with E-state index in [-0.39, 0.29) is 11.6 Å². The summed E-state index contributed by atoms with van der Waals surface area (Å²) in [6, 6.07) is 6.72. The molecular weight excluding hydrogens is 261 g/mol. The van der Waals surface area contributed by atoms with Gasteiger partial charge in [0.2, 0.25) is 5.78 Å². The Morgan fingerprint density at radius 3 is 3.00 bits per heavy atom. The number of aromatic amines is 1. The highest BCUT2D eigenvalue weighted by molar-refractivity contribution is 7.12. The van der Waals surface area contributed by atoms with E-state index in [0.717, 1.165) is 12.0 Å². The fourth-order valence-corrected chi connectivity index (χ4v) is 3.20. The van der Waals surface area contributed by atoms with Gasteiger partial charge in [0.15, 0.2) is 0 Å². The van der Waals surface area contributed by atoms with Crippen LogP contribution in [0.1, 0.15) is 27.7 Å². The summed E-state index contributed by atoms with van der Waals surface area (Å²) in [5.74, 6) is -0.472. The van der Waals surface area contributed by atoms with Gasteiger partial charge >= 0.3 is 0 Å². The van der Waals surface area contributed by atoms with E-state index in [9.17, 15) is 9.18 Å². The molecule has 0 aliphatic heterocycles. The van der Waals surface area contributed by atoms with Crippen molar-refractivity contribution in [1.82, 2.24) is 4.98 Å². The number of fused-ring (bicyclic) bond motifs is 1. The summed E-state index contributed by atoms with van der Waals surface area (Å²) in [5.41, 5.74) is 2.07. The van der Waals surface area contributed by atoms with Crippen LogP contribution in [0.4, 0.5) is 4.39 Å². The molecule has 0 atom stereocenters. The van der Waals surface area contributed by atoms with E-state index in [1.807, 2.05) is 18.4 Å². The van der Waals surface area contributed by atoms with Crippen molar-refractivity contribution in [2.45, 2.75) is 13.3 Å². The van der Waals surface area contributed by atoms with E-state index in [0.29, 0.717) is 21.3 Å². The Balaban J connectivity index is 2.17. The maximum absolute atomic E-state index is 13.9. The fraction of sp³-hybridized carbons (Fsp3) is 0.133. The molecule has 2 aromatic heterocycles. The van der Waals surface area contributed by atoms with Gasteiger partial charge in [0.1, 0.15) is 5.82 Å². The number of rotatable bonds is 3. The van der Waals surface area contributed by atoms with Crippen LogP contribution in [0.3, 0.4) is 0 Å². The van der Waals surface area contributed by atoms with Gasteiger partial charge in [-0.05, 0) is 35.6 Å². The molecule has 3 aromatic rings. The molecule has 19 heavy (non-hydrogen) atoms. The van der Waals surface area contributed by atoms with Crippen molar-refractivity contribution in [2.24, 2.45) is 0 Å². The topological polar surface area (TPSA) is 32.9 Å². The number of H-pyrrole nitrogens is 1. The monoisotopic (exact) mass is 273 g/mol. The van der Waals surface area contributed by atoms with E-state index in [1.54, 1.807) is 18.3 Å². The van der Waals surface area contributed by atoms with Gasteiger partial charge in [-0.2, -0.15) is 0 Å². The smallest absolute Gasteiger partial charge is 0.205 e. The highest BCUT2D eigenvalue weighted by Gasteiger charge is 2.19. The van der Waals surface area contributed by atoms with Gasteiger partial charge in [0, 0.05) is 17.1 Å². The van der Waals surface area contributed by atoms with Crippen LogP contribution < -0.4 is 0 Å². The molecule has 0 saturated heterocycles. The zero-order valence-electron chi connectivity index (χ0n) is 10.4. The van der Waals surface area contributed by atoms with Crippen LogP contribution in [0.5, 0.6) is 0 Å². The highest BCUT2D eigenvalue weighted by atomic mass is 32.1. The molecule has 0 unspecified atom stereocenters. The molecule has 0 saturated carbocycles. The number of carbonyl (C=O) groups is 1. The lowest BCUT2D eigenvalue weighted by Gasteiger charge is -2.00. The number of hydrogen-bond donors (Lipinski definition) is 1. The van der Waals surface area contributed by atoms with Gasteiger partial charge < -0.3 is 4.98 Å². The van der Waals surface area contributed by atoms with Crippen LogP contribution >= 0.6 is 11.3 Å². The Morgan fingerprint density at radius 1 is 1.37 bits per heavy atom. The lowest BCUT2D eigenvalue weighted by Crippen LogP contribution is -2.01. The molecule has 0 bridgehead atoms. The first-order chi connectivity index (χ1) is 9.22. The summed E-state index contributed by atoms with van der Waals surface area (Å²) >= 11 is 1.41. The Kier molecular flexibility index (Phi) is 2.95. The van der Waals surface area contributed by atoms with E-state index >= 15 is 0 Å². The quantitative estimate of drug-likeness (QED) is 0.714. The second-order valence-electron chi connectivity index (χ2n) is 4.32. The molecular formula is C15H12FNOS. The number of benzene rings is 1. The third-order valence-electron chi connectivity index (χ3n) is 3.23. The SMILES string of the molecule is CCc1ccsc1C(=O)c1c[nH]c2cccc(F)c12. The first kappa shape index (κ1) is 12.1. The lowest BCUT2D eigenvalue weighted by atomic mass is 10.0. The van der Waals surface area contributed by atoms with E-state index in [1.165, 1.54) is 17.4 Å². The van der Waals surface area contributed by atoms with Crippen molar-refractivity contribution in [1.29, 1.82) is 0 Å². The molecule has 0 aliphatic rings. The maximum Gasteiger partial charge on any atom is 0.205 e. The summed E-state index contributed by atoms with van der Waals surface area (Å²) in [5, 5.41) is 2.28. The van der Waals surface area contributed by atoms with E-state index < -0.39 is 0 Å². The number of ketones is 1. The van der Waals surface area contributed by atoms with Gasteiger partial charge in [-0.3, -0.25) is 4.79 Å². The Hall–Kier alpha value is -1.94. The Bertz CT molecular complexity index is 756. The molecule has 0 radical (unpaired) electrons. The number of thiophene rings is 1. The van der Waals surface area contributed by atoms with Gasteiger partial charge in [0.05, 0.1) is 10.4 Å². The minimum absolute atomic E-state index is 0.108. The van der Waals surface area contributed by atoms with Crippen LogP contribution in [-0.2, 0) is 6.42 Å². The van der Waals surface area contributed by atoms with Crippen molar-refractivity contribution in [3.8, 4) is 0 Å². The normalized spacial score (nSPS) is 11.1. The first-order valence-corrected chi connectivity index (χ1v) is 6.97. The van der Waals surface area contributed by atoms with Crippen molar-refractivity contribution in [3.63, 3.8) is 0 Å². The number of aryl methyl sites for hydroxylation is 1. The predicted octanol–water partition coefficient (Wildman–Crippen LogP) is 4.16. The number of carbonyl (C=O) groups excluding carboxylic acids is 1. The van der Waals surface area contributed by atoms with Crippen molar-refractivity contribution in [2.75, 3.05) is 0 Å². The third kappa shape index (κ3) is 1.88. The molecule has 1 N–H and O–H groups in total. The standard InChI is InChI=1S/C15H12FNOS/c1-2-9-6-7-19-15(9)14(18)10-8-17-12-5-3-4-11(16)13(10)12/h3-8,17H,2H2,1H3. The predicted molar refractivity (Wildman–Crippen MR) is 75.4 cm³/mol. The average molecular weight is 273 g/mol. The minimum atomic E-state index is -0.364.